The van der Waals surface area contributed by atoms with Crippen LogP contribution in [-0.2, 0) is 9.53 Å². The van der Waals surface area contributed by atoms with Crippen LogP contribution in [0.15, 0.2) is 68.0 Å². The number of carbonyl (C=O) groups is 1. The minimum atomic E-state index is -4.52. The molecule has 0 saturated heterocycles. The molecule has 12 heteroatoms. The standard InChI is InChI=1S/C27H24BrF3N2O5S/c1-4-18-21(25(35)36-3)22(16-9-7-6-8-10-16)33-24(34)20(39-26(33)32-18)13-15-11-17(28)23(19(12-15)37-5-2)38-14-27(29,30)31/h6-13,22H,4-5,14H2,1-3H3/b20-13-/t22-/m0/s1. The van der Waals surface area contributed by atoms with Crippen LogP contribution in [0.3, 0.4) is 0 Å². The van der Waals surface area contributed by atoms with Crippen LogP contribution in [0.5, 0.6) is 11.5 Å². The first kappa shape index (κ1) is 28.6. The van der Waals surface area contributed by atoms with Gasteiger partial charge in [-0.3, -0.25) is 9.36 Å². The number of aromatic nitrogens is 1. The monoisotopic (exact) mass is 624 g/mol. The number of hydrogen-bond acceptors (Lipinski definition) is 7. The summed E-state index contributed by atoms with van der Waals surface area (Å²) in [5, 5.41) is 0. The smallest absolute Gasteiger partial charge is 0.422 e. The molecule has 0 spiro atoms. The second-order valence-corrected chi connectivity index (χ2v) is 10.2. The van der Waals surface area contributed by atoms with E-state index in [-0.39, 0.29) is 33.7 Å². The maximum absolute atomic E-state index is 13.7. The molecule has 1 aliphatic rings. The third-order valence-corrected chi connectivity index (χ3v) is 7.35. The molecule has 4 rings (SSSR count). The van der Waals surface area contributed by atoms with E-state index in [1.807, 2.05) is 37.3 Å². The summed E-state index contributed by atoms with van der Waals surface area (Å²) in [5.41, 5.74) is 1.65. The lowest BCUT2D eigenvalue weighted by Gasteiger charge is -2.25. The number of alkyl halides is 3. The fourth-order valence-electron chi connectivity index (χ4n) is 4.19. The number of allylic oxidation sites excluding steroid dienone is 1. The summed E-state index contributed by atoms with van der Waals surface area (Å²) in [6.45, 7) is 2.27. The molecular weight excluding hydrogens is 601 g/mol. The second-order valence-electron chi connectivity index (χ2n) is 8.37. The Labute approximate surface area is 234 Å². The van der Waals surface area contributed by atoms with Crippen LogP contribution in [0.25, 0.3) is 6.08 Å². The van der Waals surface area contributed by atoms with Gasteiger partial charge in [0.15, 0.2) is 22.9 Å². The lowest BCUT2D eigenvalue weighted by molar-refractivity contribution is -0.153. The minimum absolute atomic E-state index is 0.0906. The van der Waals surface area contributed by atoms with E-state index in [1.165, 1.54) is 17.7 Å². The van der Waals surface area contributed by atoms with E-state index in [9.17, 15) is 22.8 Å². The molecule has 0 fully saturated rings. The van der Waals surface area contributed by atoms with Crippen molar-refractivity contribution in [3.05, 3.63) is 89.0 Å². The fourth-order valence-corrected chi connectivity index (χ4v) is 5.79. The zero-order valence-corrected chi connectivity index (χ0v) is 23.6. The second kappa shape index (κ2) is 11.8. The van der Waals surface area contributed by atoms with Gasteiger partial charge in [-0.15, -0.1) is 0 Å². The average molecular weight is 625 g/mol. The number of thiazole rings is 1. The van der Waals surface area contributed by atoms with Crippen molar-refractivity contribution in [2.75, 3.05) is 20.3 Å². The van der Waals surface area contributed by atoms with E-state index < -0.39 is 24.8 Å². The lowest BCUT2D eigenvalue weighted by Crippen LogP contribution is -2.40. The molecule has 3 aromatic rings. The van der Waals surface area contributed by atoms with Gasteiger partial charge in [-0.2, -0.15) is 13.2 Å². The van der Waals surface area contributed by atoms with Crippen molar-refractivity contribution in [2.24, 2.45) is 4.99 Å². The summed E-state index contributed by atoms with van der Waals surface area (Å²) in [5.74, 6) is -0.566. The molecule has 0 radical (unpaired) electrons. The van der Waals surface area contributed by atoms with Gasteiger partial charge in [0.05, 0.1) is 40.0 Å². The number of methoxy groups -OCH3 is 1. The number of benzene rings is 2. The van der Waals surface area contributed by atoms with Gasteiger partial charge < -0.3 is 14.2 Å². The Balaban J connectivity index is 1.88. The molecule has 39 heavy (non-hydrogen) atoms. The highest BCUT2D eigenvalue weighted by Gasteiger charge is 2.34. The van der Waals surface area contributed by atoms with Gasteiger partial charge in [-0.05, 0) is 58.6 Å². The Hall–Kier alpha value is -3.38. The third kappa shape index (κ3) is 6.11. The van der Waals surface area contributed by atoms with Crippen LogP contribution in [0.4, 0.5) is 13.2 Å². The van der Waals surface area contributed by atoms with E-state index in [0.29, 0.717) is 27.0 Å². The number of fused-ring (bicyclic) bond motifs is 1. The van der Waals surface area contributed by atoms with Gasteiger partial charge in [-0.1, -0.05) is 48.6 Å². The highest BCUT2D eigenvalue weighted by atomic mass is 79.9. The number of carbonyl (C=O) groups excluding carboxylic acids is 1. The topological polar surface area (TPSA) is 79.1 Å². The van der Waals surface area contributed by atoms with E-state index in [4.69, 9.17) is 14.2 Å². The van der Waals surface area contributed by atoms with Gasteiger partial charge >= 0.3 is 12.1 Å². The molecule has 1 aromatic heterocycles. The first-order valence-corrected chi connectivity index (χ1v) is 13.5. The summed E-state index contributed by atoms with van der Waals surface area (Å²) in [7, 11) is 1.28. The molecule has 206 valence electrons. The Bertz CT molecular complexity index is 1600. The first-order valence-electron chi connectivity index (χ1n) is 11.9. The van der Waals surface area contributed by atoms with E-state index >= 15 is 0 Å². The fraction of sp³-hybridized carbons (Fsp3) is 0.296. The number of hydrogen-bond donors (Lipinski definition) is 0. The molecule has 1 aliphatic heterocycles. The SMILES string of the molecule is CCOc1cc(/C=c2\sc3n(c2=O)[C@@H](c2ccccc2)C(C(=O)OC)=C(CC)N=3)cc(Br)c1OCC(F)(F)F. The molecule has 0 saturated carbocycles. The molecule has 0 amide bonds. The largest absolute Gasteiger partial charge is 0.490 e. The lowest BCUT2D eigenvalue weighted by atomic mass is 9.95. The summed E-state index contributed by atoms with van der Waals surface area (Å²) in [4.78, 5) is 31.6. The van der Waals surface area contributed by atoms with Crippen molar-refractivity contribution >= 4 is 39.3 Å². The maximum Gasteiger partial charge on any atom is 0.422 e. The number of esters is 1. The molecule has 0 N–H and O–H groups in total. The average Bonchev–Trinajstić information content (AvgIpc) is 3.21. The predicted molar refractivity (Wildman–Crippen MR) is 144 cm³/mol. The molecule has 7 nitrogen and oxygen atoms in total. The minimum Gasteiger partial charge on any atom is -0.490 e. The Morgan fingerprint density at radius 1 is 1.18 bits per heavy atom. The van der Waals surface area contributed by atoms with E-state index in [0.717, 1.165) is 16.9 Å². The highest BCUT2D eigenvalue weighted by Crippen LogP contribution is 2.38. The van der Waals surface area contributed by atoms with Gasteiger partial charge in [0.1, 0.15) is 0 Å². The van der Waals surface area contributed by atoms with Crippen LogP contribution in [0, 0.1) is 0 Å². The van der Waals surface area contributed by atoms with Gasteiger partial charge in [0.2, 0.25) is 0 Å². The van der Waals surface area contributed by atoms with Crippen molar-refractivity contribution < 1.29 is 32.2 Å². The summed E-state index contributed by atoms with van der Waals surface area (Å²) < 4.78 is 55.9. The van der Waals surface area contributed by atoms with Crippen molar-refractivity contribution in [1.29, 1.82) is 0 Å². The summed E-state index contributed by atoms with van der Waals surface area (Å²) in [6.07, 6.45) is -2.48. The predicted octanol–water partition coefficient (Wildman–Crippen LogP) is 4.90. The zero-order chi connectivity index (χ0) is 28.3. The van der Waals surface area contributed by atoms with E-state index in [2.05, 4.69) is 20.9 Å². The molecule has 0 bridgehead atoms. The van der Waals surface area contributed by atoms with Crippen molar-refractivity contribution in [3.8, 4) is 11.5 Å². The molecule has 0 unspecified atom stereocenters. The third-order valence-electron chi connectivity index (χ3n) is 5.78. The quantitative estimate of drug-likeness (QED) is 0.333. The van der Waals surface area contributed by atoms with Gasteiger partial charge in [-0.25, -0.2) is 9.79 Å². The van der Waals surface area contributed by atoms with E-state index in [1.54, 1.807) is 19.1 Å². The van der Waals surface area contributed by atoms with Crippen LogP contribution >= 0.6 is 27.3 Å². The van der Waals surface area contributed by atoms with Gasteiger partial charge in [0, 0.05) is 0 Å². The molecule has 1 atom stereocenters. The Kier molecular flexibility index (Phi) is 8.65. The molecule has 2 heterocycles. The van der Waals surface area contributed by atoms with Crippen molar-refractivity contribution in [2.45, 2.75) is 32.5 Å². The number of ether oxygens (including phenoxy) is 3. The molecule has 2 aromatic carbocycles. The van der Waals surface area contributed by atoms with Crippen LogP contribution in [0.1, 0.15) is 37.4 Å². The number of nitrogens with zero attached hydrogens (tertiary/aromatic N) is 2. The first-order chi connectivity index (χ1) is 18.6. The summed E-state index contributed by atoms with van der Waals surface area (Å²) >= 11 is 4.41. The van der Waals surface area contributed by atoms with Gasteiger partial charge in [0.25, 0.3) is 5.56 Å². The highest BCUT2D eigenvalue weighted by molar-refractivity contribution is 9.10. The summed E-state index contributed by atoms with van der Waals surface area (Å²) in [6, 6.07) is 11.4. The van der Waals surface area contributed by atoms with Crippen molar-refractivity contribution in [3.63, 3.8) is 0 Å². The normalized spacial score (nSPS) is 15.6. The maximum atomic E-state index is 13.7. The Morgan fingerprint density at radius 2 is 1.90 bits per heavy atom. The Morgan fingerprint density at radius 3 is 2.51 bits per heavy atom. The van der Waals surface area contributed by atoms with Crippen LogP contribution in [-0.4, -0.2) is 37.0 Å². The van der Waals surface area contributed by atoms with Crippen LogP contribution in [0.2, 0.25) is 0 Å². The van der Waals surface area contributed by atoms with Crippen LogP contribution < -0.4 is 24.4 Å². The number of rotatable bonds is 8. The zero-order valence-electron chi connectivity index (χ0n) is 21.2. The molecule has 0 aliphatic carbocycles. The molecular formula is C27H24BrF3N2O5S. The number of halogens is 4. The van der Waals surface area contributed by atoms with Crippen molar-refractivity contribution in [1.82, 2.24) is 4.57 Å².